The molecule has 0 radical (unpaired) electrons. The van der Waals surface area contributed by atoms with Crippen LogP contribution in [0, 0.1) is 0 Å². The lowest BCUT2D eigenvalue weighted by Gasteiger charge is -2.11. The van der Waals surface area contributed by atoms with Crippen molar-refractivity contribution in [1.82, 2.24) is 4.98 Å². The molecule has 2 aromatic carbocycles. The minimum Gasteiger partial charge on any atom is -0.384 e. The first kappa shape index (κ1) is 13.9. The zero-order valence-electron chi connectivity index (χ0n) is 11.4. The van der Waals surface area contributed by atoms with Gasteiger partial charge in [0.15, 0.2) is 0 Å². The first-order valence-electron chi connectivity index (χ1n) is 6.75. The van der Waals surface area contributed by atoms with Crippen LogP contribution < -0.4 is 0 Å². The van der Waals surface area contributed by atoms with Crippen molar-refractivity contribution in [2.45, 2.75) is 16.0 Å². The Morgan fingerprint density at radius 1 is 0.762 bits per heavy atom. The van der Waals surface area contributed by atoms with Crippen LogP contribution in [0.1, 0.15) is 17.2 Å². The van der Waals surface area contributed by atoms with Crippen LogP contribution in [0.5, 0.6) is 0 Å². The second-order valence-corrected chi connectivity index (χ2v) is 5.75. The number of nitrogens with zero attached hydrogens (tertiary/aromatic N) is 1. The van der Waals surface area contributed by atoms with Crippen molar-refractivity contribution >= 4 is 11.8 Å². The number of aromatic nitrogens is 1. The van der Waals surface area contributed by atoms with Crippen LogP contribution in [0.3, 0.4) is 0 Å². The normalized spacial score (nSPS) is 12.0. The quantitative estimate of drug-likeness (QED) is 0.778. The van der Waals surface area contributed by atoms with Crippen LogP contribution in [0.2, 0.25) is 0 Å². The number of aliphatic hydroxyl groups excluding tert-OH is 1. The highest BCUT2D eigenvalue weighted by Crippen LogP contribution is 2.27. The van der Waals surface area contributed by atoms with Crippen LogP contribution in [-0.2, 0) is 0 Å². The van der Waals surface area contributed by atoms with Gasteiger partial charge in [-0.05, 0) is 23.8 Å². The fourth-order valence-corrected chi connectivity index (χ4v) is 2.83. The Morgan fingerprint density at radius 3 is 2.05 bits per heavy atom. The second kappa shape index (κ2) is 6.57. The third kappa shape index (κ3) is 3.51. The van der Waals surface area contributed by atoms with Crippen molar-refractivity contribution < 1.29 is 5.11 Å². The average molecular weight is 293 g/mol. The summed E-state index contributed by atoms with van der Waals surface area (Å²) in [4.78, 5) is 5.58. The largest absolute Gasteiger partial charge is 0.384 e. The fraction of sp³-hybridized carbons (Fsp3) is 0.0556. The Bertz CT molecular complexity index is 683. The van der Waals surface area contributed by atoms with Crippen molar-refractivity contribution in [3.63, 3.8) is 0 Å². The summed E-state index contributed by atoms with van der Waals surface area (Å²) in [6.07, 6.45) is 1.11. The number of hydrogen-bond acceptors (Lipinski definition) is 3. The van der Waals surface area contributed by atoms with Crippen molar-refractivity contribution in [2.75, 3.05) is 0 Å². The van der Waals surface area contributed by atoms with E-state index in [-0.39, 0.29) is 0 Å². The standard InChI is InChI=1S/C18H15NOS/c20-18(14-7-3-1-4-8-14)15-11-12-17(19-13-15)21-16-9-5-2-6-10-16/h1-13,18,20H/t18-/m1/s1. The molecule has 21 heavy (non-hydrogen) atoms. The first-order chi connectivity index (χ1) is 10.3. The Labute approximate surface area is 128 Å². The Hall–Kier alpha value is -2.10. The molecule has 0 bridgehead atoms. The lowest BCUT2D eigenvalue weighted by Crippen LogP contribution is -1.99. The molecule has 0 aliphatic heterocycles. The van der Waals surface area contributed by atoms with Gasteiger partial charge in [0.1, 0.15) is 11.1 Å². The third-order valence-corrected chi connectivity index (χ3v) is 4.11. The minimum atomic E-state index is -0.630. The molecule has 0 spiro atoms. The van der Waals surface area contributed by atoms with Crippen LogP contribution in [0.25, 0.3) is 0 Å². The van der Waals surface area contributed by atoms with Crippen molar-refractivity contribution in [2.24, 2.45) is 0 Å². The van der Waals surface area contributed by atoms with E-state index in [4.69, 9.17) is 0 Å². The fourth-order valence-electron chi connectivity index (χ4n) is 2.05. The maximum atomic E-state index is 10.3. The maximum Gasteiger partial charge on any atom is 0.106 e. The van der Waals surface area contributed by atoms with Crippen molar-refractivity contribution in [3.8, 4) is 0 Å². The topological polar surface area (TPSA) is 33.1 Å². The second-order valence-electron chi connectivity index (χ2n) is 4.66. The highest BCUT2D eigenvalue weighted by Gasteiger charge is 2.10. The van der Waals surface area contributed by atoms with Gasteiger partial charge >= 0.3 is 0 Å². The van der Waals surface area contributed by atoms with E-state index in [1.807, 2.05) is 60.7 Å². The summed E-state index contributed by atoms with van der Waals surface area (Å²) < 4.78 is 0. The van der Waals surface area contributed by atoms with Gasteiger partial charge in [0.25, 0.3) is 0 Å². The van der Waals surface area contributed by atoms with Gasteiger partial charge in [0.05, 0.1) is 0 Å². The van der Waals surface area contributed by atoms with Crippen molar-refractivity contribution in [3.05, 3.63) is 90.1 Å². The Kier molecular flexibility index (Phi) is 4.34. The molecule has 0 fully saturated rings. The zero-order chi connectivity index (χ0) is 14.5. The van der Waals surface area contributed by atoms with Gasteiger partial charge in [-0.25, -0.2) is 4.98 Å². The number of hydrogen-bond donors (Lipinski definition) is 1. The molecule has 1 N–H and O–H groups in total. The summed E-state index contributed by atoms with van der Waals surface area (Å²) >= 11 is 1.61. The van der Waals surface area contributed by atoms with E-state index in [0.29, 0.717) is 0 Å². The molecule has 0 saturated heterocycles. The van der Waals surface area contributed by atoms with Crippen LogP contribution in [0.15, 0.2) is 88.9 Å². The first-order valence-corrected chi connectivity index (χ1v) is 7.56. The summed E-state index contributed by atoms with van der Waals surface area (Å²) in [5, 5.41) is 11.2. The third-order valence-electron chi connectivity index (χ3n) is 3.16. The smallest absolute Gasteiger partial charge is 0.106 e. The summed E-state index contributed by atoms with van der Waals surface area (Å²) in [5.41, 5.74) is 1.68. The molecule has 0 amide bonds. The van der Waals surface area contributed by atoms with E-state index in [0.717, 1.165) is 21.0 Å². The van der Waals surface area contributed by atoms with Gasteiger partial charge in [-0.1, -0.05) is 66.4 Å². The molecule has 1 aromatic heterocycles. The molecule has 3 rings (SSSR count). The van der Waals surface area contributed by atoms with Gasteiger partial charge < -0.3 is 5.11 Å². The van der Waals surface area contributed by atoms with Crippen LogP contribution in [-0.4, -0.2) is 10.1 Å². The highest BCUT2D eigenvalue weighted by atomic mass is 32.2. The molecule has 0 aliphatic rings. The van der Waals surface area contributed by atoms with E-state index in [2.05, 4.69) is 17.1 Å². The van der Waals surface area contributed by atoms with E-state index >= 15 is 0 Å². The highest BCUT2D eigenvalue weighted by molar-refractivity contribution is 7.99. The lowest BCUT2D eigenvalue weighted by molar-refractivity contribution is 0.219. The molecular formula is C18H15NOS. The summed E-state index contributed by atoms with van der Waals surface area (Å²) in [6.45, 7) is 0. The Morgan fingerprint density at radius 2 is 1.43 bits per heavy atom. The van der Waals surface area contributed by atoms with E-state index < -0.39 is 6.10 Å². The maximum absolute atomic E-state index is 10.3. The molecule has 0 unspecified atom stereocenters. The molecule has 3 heteroatoms. The predicted molar refractivity (Wildman–Crippen MR) is 85.3 cm³/mol. The van der Waals surface area contributed by atoms with Gasteiger partial charge in [0.2, 0.25) is 0 Å². The van der Waals surface area contributed by atoms with Crippen molar-refractivity contribution in [1.29, 1.82) is 0 Å². The zero-order valence-corrected chi connectivity index (χ0v) is 12.2. The van der Waals surface area contributed by atoms with Gasteiger partial charge in [-0.3, -0.25) is 0 Å². The van der Waals surface area contributed by atoms with Gasteiger partial charge in [-0.2, -0.15) is 0 Å². The van der Waals surface area contributed by atoms with Gasteiger partial charge in [-0.15, -0.1) is 0 Å². The molecule has 0 aliphatic carbocycles. The summed E-state index contributed by atoms with van der Waals surface area (Å²) in [6, 6.07) is 23.6. The molecule has 104 valence electrons. The molecule has 2 nitrogen and oxygen atoms in total. The minimum absolute atomic E-state index is 0.630. The lowest BCUT2D eigenvalue weighted by atomic mass is 10.0. The number of aliphatic hydroxyl groups is 1. The molecule has 3 aromatic rings. The molecule has 1 heterocycles. The number of pyridine rings is 1. The van der Waals surface area contributed by atoms with E-state index in [1.54, 1.807) is 18.0 Å². The van der Waals surface area contributed by atoms with Crippen LogP contribution >= 0.6 is 11.8 Å². The van der Waals surface area contributed by atoms with Gasteiger partial charge in [0, 0.05) is 16.7 Å². The monoisotopic (exact) mass is 293 g/mol. The summed E-state index contributed by atoms with van der Waals surface area (Å²) in [7, 11) is 0. The number of rotatable bonds is 4. The Balaban J connectivity index is 1.75. The average Bonchev–Trinajstić information content (AvgIpc) is 2.57. The number of benzene rings is 2. The SMILES string of the molecule is O[C@H](c1ccccc1)c1ccc(Sc2ccccc2)nc1. The molecular weight excluding hydrogens is 278 g/mol. The van der Waals surface area contributed by atoms with E-state index in [1.165, 1.54) is 0 Å². The van der Waals surface area contributed by atoms with Crippen LogP contribution in [0.4, 0.5) is 0 Å². The molecule has 1 atom stereocenters. The summed E-state index contributed by atoms with van der Waals surface area (Å²) in [5.74, 6) is 0. The molecule has 0 saturated carbocycles. The predicted octanol–water partition coefficient (Wildman–Crippen LogP) is 4.31. The van der Waals surface area contributed by atoms with E-state index in [9.17, 15) is 5.11 Å².